The highest BCUT2D eigenvalue weighted by molar-refractivity contribution is 9.10. The molecule has 0 saturated carbocycles. The predicted octanol–water partition coefficient (Wildman–Crippen LogP) is 3.94. The van der Waals surface area contributed by atoms with Gasteiger partial charge in [0.15, 0.2) is 5.70 Å². The molecule has 0 unspecified atom stereocenters. The number of halogens is 2. The third-order valence-electron chi connectivity index (χ3n) is 3.22. The lowest BCUT2D eigenvalue weighted by atomic mass is 10.2. The number of methoxy groups -OCH3 is 1. The average molecular weight is 376 g/mol. The molecule has 1 heterocycles. The van der Waals surface area contributed by atoms with E-state index in [9.17, 15) is 9.18 Å². The molecule has 0 aromatic heterocycles. The first kappa shape index (κ1) is 15.4. The van der Waals surface area contributed by atoms with Crippen molar-refractivity contribution in [2.75, 3.05) is 7.11 Å². The standard InChI is InChI=1S/C17H11BrFNO3/c1-22-15-7-6-11(8-12(15)18)16-20-14(17(21)23-16)9-10-4-2-3-5-13(10)19/h2-9H,1H3. The summed E-state index contributed by atoms with van der Waals surface area (Å²) in [5.41, 5.74) is 0.945. The lowest BCUT2D eigenvalue weighted by molar-refractivity contribution is -0.129. The van der Waals surface area contributed by atoms with Crippen LogP contribution >= 0.6 is 15.9 Å². The Labute approximate surface area is 140 Å². The Bertz CT molecular complexity index is 845. The van der Waals surface area contributed by atoms with Gasteiger partial charge in [0.2, 0.25) is 5.90 Å². The second-order valence-corrected chi connectivity index (χ2v) is 5.56. The van der Waals surface area contributed by atoms with Crippen LogP contribution in [-0.2, 0) is 9.53 Å². The van der Waals surface area contributed by atoms with Gasteiger partial charge in [0.05, 0.1) is 11.6 Å². The van der Waals surface area contributed by atoms with Gasteiger partial charge in [-0.3, -0.25) is 0 Å². The van der Waals surface area contributed by atoms with Gasteiger partial charge in [-0.1, -0.05) is 18.2 Å². The van der Waals surface area contributed by atoms with Crippen molar-refractivity contribution >= 4 is 33.9 Å². The molecule has 0 N–H and O–H groups in total. The van der Waals surface area contributed by atoms with E-state index in [1.165, 1.54) is 12.1 Å². The van der Waals surface area contributed by atoms with E-state index in [0.29, 0.717) is 15.8 Å². The first-order valence-corrected chi connectivity index (χ1v) is 7.49. The lowest BCUT2D eigenvalue weighted by Crippen LogP contribution is -2.05. The molecule has 0 radical (unpaired) electrons. The third kappa shape index (κ3) is 3.17. The van der Waals surface area contributed by atoms with Gasteiger partial charge in [-0.2, -0.15) is 0 Å². The van der Waals surface area contributed by atoms with Gasteiger partial charge in [0.1, 0.15) is 11.6 Å². The molecule has 6 heteroatoms. The minimum Gasteiger partial charge on any atom is -0.496 e. The Morgan fingerprint density at radius 2 is 2.04 bits per heavy atom. The van der Waals surface area contributed by atoms with Gasteiger partial charge in [0, 0.05) is 11.1 Å². The van der Waals surface area contributed by atoms with Crippen molar-refractivity contribution in [2.24, 2.45) is 4.99 Å². The van der Waals surface area contributed by atoms with Crippen LogP contribution in [0.2, 0.25) is 0 Å². The van der Waals surface area contributed by atoms with Gasteiger partial charge >= 0.3 is 5.97 Å². The number of ether oxygens (including phenoxy) is 2. The fourth-order valence-electron chi connectivity index (χ4n) is 2.07. The first-order valence-electron chi connectivity index (χ1n) is 6.69. The van der Waals surface area contributed by atoms with Crippen molar-refractivity contribution in [2.45, 2.75) is 0 Å². The molecule has 2 aromatic carbocycles. The maximum Gasteiger partial charge on any atom is 0.363 e. The Hall–Kier alpha value is -2.47. The highest BCUT2D eigenvalue weighted by Gasteiger charge is 2.25. The van der Waals surface area contributed by atoms with E-state index >= 15 is 0 Å². The summed E-state index contributed by atoms with van der Waals surface area (Å²) in [6.45, 7) is 0. The molecule has 0 amide bonds. The van der Waals surface area contributed by atoms with Gasteiger partial charge in [-0.05, 0) is 46.3 Å². The van der Waals surface area contributed by atoms with Crippen molar-refractivity contribution in [3.63, 3.8) is 0 Å². The number of hydrogen-bond donors (Lipinski definition) is 0. The van der Waals surface area contributed by atoms with E-state index in [1.54, 1.807) is 43.5 Å². The summed E-state index contributed by atoms with van der Waals surface area (Å²) in [5, 5.41) is 0. The maximum atomic E-state index is 13.7. The van der Waals surface area contributed by atoms with E-state index in [0.717, 1.165) is 0 Å². The first-order chi connectivity index (χ1) is 11.1. The van der Waals surface area contributed by atoms with Gasteiger partial charge < -0.3 is 9.47 Å². The van der Waals surface area contributed by atoms with Gasteiger partial charge in [0.25, 0.3) is 0 Å². The van der Waals surface area contributed by atoms with E-state index in [4.69, 9.17) is 9.47 Å². The van der Waals surface area contributed by atoms with E-state index in [1.807, 2.05) is 0 Å². The number of nitrogens with zero attached hydrogens (tertiary/aromatic N) is 1. The van der Waals surface area contributed by atoms with Crippen molar-refractivity contribution in [3.8, 4) is 5.75 Å². The second-order valence-electron chi connectivity index (χ2n) is 4.71. The molecule has 0 bridgehead atoms. The molecule has 3 rings (SSSR count). The van der Waals surface area contributed by atoms with Crippen LogP contribution < -0.4 is 4.74 Å². The van der Waals surface area contributed by atoms with Crippen LogP contribution in [0.3, 0.4) is 0 Å². The average Bonchev–Trinajstić information content (AvgIpc) is 2.90. The van der Waals surface area contributed by atoms with Crippen LogP contribution in [0.15, 0.2) is 57.6 Å². The summed E-state index contributed by atoms with van der Waals surface area (Å²) >= 11 is 3.36. The van der Waals surface area contributed by atoms with Crippen LogP contribution in [0.1, 0.15) is 11.1 Å². The molecule has 0 spiro atoms. The van der Waals surface area contributed by atoms with E-state index < -0.39 is 11.8 Å². The smallest absolute Gasteiger partial charge is 0.363 e. The number of esters is 1. The molecule has 116 valence electrons. The van der Waals surface area contributed by atoms with Crippen molar-refractivity contribution in [3.05, 3.63) is 69.6 Å². The number of hydrogen-bond acceptors (Lipinski definition) is 4. The molecule has 0 atom stereocenters. The largest absolute Gasteiger partial charge is 0.496 e. The number of cyclic esters (lactones) is 1. The van der Waals surface area contributed by atoms with Gasteiger partial charge in [-0.15, -0.1) is 0 Å². The van der Waals surface area contributed by atoms with E-state index in [2.05, 4.69) is 20.9 Å². The zero-order valence-electron chi connectivity index (χ0n) is 12.0. The number of carbonyl (C=O) groups excluding carboxylic acids is 1. The van der Waals surface area contributed by atoms with Crippen molar-refractivity contribution in [1.82, 2.24) is 0 Å². The molecular formula is C17H11BrFNO3. The lowest BCUT2D eigenvalue weighted by Gasteiger charge is -2.05. The number of benzene rings is 2. The molecule has 2 aromatic rings. The number of carbonyl (C=O) groups is 1. The molecular weight excluding hydrogens is 365 g/mol. The summed E-state index contributed by atoms with van der Waals surface area (Å²) in [5.74, 6) is -0.222. The van der Waals surface area contributed by atoms with Crippen LogP contribution in [0.4, 0.5) is 4.39 Å². The Kier molecular flexibility index (Phi) is 4.25. The fraction of sp³-hybridized carbons (Fsp3) is 0.0588. The number of rotatable bonds is 3. The Balaban J connectivity index is 1.96. The summed E-state index contributed by atoms with van der Waals surface area (Å²) in [4.78, 5) is 16.1. The van der Waals surface area contributed by atoms with Crippen LogP contribution in [-0.4, -0.2) is 19.0 Å². The second kappa shape index (κ2) is 6.34. The molecule has 0 aliphatic carbocycles. The highest BCUT2D eigenvalue weighted by atomic mass is 79.9. The van der Waals surface area contributed by atoms with Crippen molar-refractivity contribution < 1.29 is 18.7 Å². The minimum atomic E-state index is -0.616. The van der Waals surface area contributed by atoms with Crippen molar-refractivity contribution in [1.29, 1.82) is 0 Å². The molecule has 1 aliphatic rings. The third-order valence-corrected chi connectivity index (χ3v) is 3.84. The molecule has 23 heavy (non-hydrogen) atoms. The molecule has 0 saturated heterocycles. The predicted molar refractivity (Wildman–Crippen MR) is 87.7 cm³/mol. The SMILES string of the molecule is COc1ccc(C2=NC(=Cc3ccccc3F)C(=O)O2)cc1Br. The fourth-order valence-corrected chi connectivity index (χ4v) is 2.61. The monoisotopic (exact) mass is 375 g/mol. The summed E-state index contributed by atoms with van der Waals surface area (Å²) in [6.07, 6.45) is 1.36. The maximum absolute atomic E-state index is 13.7. The van der Waals surface area contributed by atoms with Crippen LogP contribution in [0.5, 0.6) is 5.75 Å². The summed E-state index contributed by atoms with van der Waals surface area (Å²) < 4.78 is 24.7. The molecule has 4 nitrogen and oxygen atoms in total. The normalized spacial score (nSPS) is 15.5. The summed E-state index contributed by atoms with van der Waals surface area (Å²) in [6, 6.07) is 11.3. The van der Waals surface area contributed by atoms with Gasteiger partial charge in [-0.25, -0.2) is 14.2 Å². The quantitative estimate of drug-likeness (QED) is 0.602. The molecule has 0 fully saturated rings. The zero-order valence-corrected chi connectivity index (χ0v) is 13.6. The van der Waals surface area contributed by atoms with Crippen LogP contribution in [0.25, 0.3) is 6.08 Å². The van der Waals surface area contributed by atoms with E-state index in [-0.39, 0.29) is 17.2 Å². The topological polar surface area (TPSA) is 47.9 Å². The Morgan fingerprint density at radius 1 is 1.26 bits per heavy atom. The summed E-state index contributed by atoms with van der Waals surface area (Å²) in [7, 11) is 1.56. The molecule has 1 aliphatic heterocycles. The number of aliphatic imine (C=N–C) groups is 1. The minimum absolute atomic E-state index is 0.0528. The van der Waals surface area contributed by atoms with Crippen LogP contribution in [0, 0.1) is 5.82 Å². The highest BCUT2D eigenvalue weighted by Crippen LogP contribution is 2.28. The Morgan fingerprint density at radius 3 is 2.74 bits per heavy atom. The zero-order chi connectivity index (χ0) is 16.4.